The Balaban J connectivity index is 0.00000420. The first kappa shape index (κ1) is 31.4. The molecular formula is C31H46ClN3O3S. The predicted molar refractivity (Wildman–Crippen MR) is 162 cm³/mol. The van der Waals surface area contributed by atoms with Crippen LogP contribution in [0.2, 0.25) is 0 Å². The number of unbranched alkanes of at least 4 members (excludes halogenated alkanes) is 1. The number of likely N-dealkylation sites (tertiary alicyclic amines) is 1. The Kier molecular flexibility index (Phi) is 12.1. The number of nitrogens with one attached hydrogen (secondary N) is 1. The van der Waals surface area contributed by atoms with Crippen LogP contribution >= 0.6 is 12.4 Å². The van der Waals surface area contributed by atoms with Crippen molar-refractivity contribution in [1.82, 2.24) is 9.80 Å². The molecule has 0 atom stereocenters. The summed E-state index contributed by atoms with van der Waals surface area (Å²) in [7, 11) is -3.60. The Morgan fingerprint density at radius 1 is 0.949 bits per heavy atom. The summed E-state index contributed by atoms with van der Waals surface area (Å²) in [6.45, 7) is 7.82. The van der Waals surface area contributed by atoms with Gasteiger partial charge < -0.3 is 4.90 Å². The lowest BCUT2D eigenvalue weighted by Crippen LogP contribution is -2.48. The fourth-order valence-electron chi connectivity index (χ4n) is 5.85. The third-order valence-electron chi connectivity index (χ3n) is 8.20. The minimum Gasteiger partial charge on any atom is -0.340 e. The molecule has 2 aliphatic rings. The van der Waals surface area contributed by atoms with Crippen LogP contribution in [0.3, 0.4) is 0 Å². The maximum atomic E-state index is 13.3. The van der Waals surface area contributed by atoms with E-state index in [0.717, 1.165) is 69.4 Å². The molecule has 0 spiro atoms. The summed E-state index contributed by atoms with van der Waals surface area (Å²) in [6, 6.07) is 14.9. The number of nitrogens with zero attached hydrogens (tertiary/aromatic N) is 2. The molecule has 2 aromatic carbocycles. The minimum atomic E-state index is -3.60. The van der Waals surface area contributed by atoms with Crippen LogP contribution < -0.4 is 4.72 Å². The molecule has 1 heterocycles. The van der Waals surface area contributed by atoms with Crippen LogP contribution in [0.4, 0.5) is 5.69 Å². The van der Waals surface area contributed by atoms with E-state index in [0.29, 0.717) is 23.6 Å². The third kappa shape index (κ3) is 9.22. The molecule has 1 aliphatic heterocycles. The number of benzene rings is 2. The Bertz CT molecular complexity index is 1120. The van der Waals surface area contributed by atoms with Crippen LogP contribution in [-0.4, -0.2) is 49.8 Å². The second-order valence-electron chi connectivity index (χ2n) is 11.3. The van der Waals surface area contributed by atoms with Crippen LogP contribution in [0.25, 0.3) is 0 Å². The lowest BCUT2D eigenvalue weighted by molar-refractivity contribution is -0.136. The van der Waals surface area contributed by atoms with Gasteiger partial charge in [0.15, 0.2) is 0 Å². The van der Waals surface area contributed by atoms with Crippen LogP contribution in [-0.2, 0) is 21.4 Å². The van der Waals surface area contributed by atoms with E-state index < -0.39 is 10.0 Å². The molecule has 8 heteroatoms. The van der Waals surface area contributed by atoms with Crippen molar-refractivity contribution >= 4 is 34.0 Å². The van der Waals surface area contributed by atoms with Crippen LogP contribution in [0.15, 0.2) is 53.4 Å². The van der Waals surface area contributed by atoms with Gasteiger partial charge in [-0.2, -0.15) is 0 Å². The van der Waals surface area contributed by atoms with Crippen LogP contribution in [0.1, 0.15) is 82.3 Å². The molecular weight excluding hydrogens is 530 g/mol. The van der Waals surface area contributed by atoms with Gasteiger partial charge in [-0.1, -0.05) is 62.4 Å². The molecule has 39 heavy (non-hydrogen) atoms. The normalized spacial score (nSPS) is 17.4. The van der Waals surface area contributed by atoms with Crippen molar-refractivity contribution in [2.45, 2.75) is 95.5 Å². The highest BCUT2D eigenvalue weighted by Crippen LogP contribution is 2.28. The molecule has 1 amide bonds. The fraction of sp³-hybridized carbons (Fsp3) is 0.581. The lowest BCUT2D eigenvalue weighted by Gasteiger charge is -2.39. The van der Waals surface area contributed by atoms with E-state index in [2.05, 4.69) is 21.4 Å². The molecule has 1 saturated carbocycles. The van der Waals surface area contributed by atoms with Gasteiger partial charge in [0.1, 0.15) is 0 Å². The summed E-state index contributed by atoms with van der Waals surface area (Å²) in [4.78, 5) is 18.2. The molecule has 0 unspecified atom stereocenters. The van der Waals surface area contributed by atoms with Crippen LogP contribution in [0, 0.1) is 12.8 Å². The number of hydrogen-bond donors (Lipinski definition) is 1. The molecule has 1 aliphatic carbocycles. The van der Waals surface area contributed by atoms with E-state index in [-0.39, 0.29) is 17.3 Å². The monoisotopic (exact) mass is 575 g/mol. The number of piperidine rings is 1. The largest absolute Gasteiger partial charge is 0.340 e. The Morgan fingerprint density at radius 2 is 1.59 bits per heavy atom. The van der Waals surface area contributed by atoms with Gasteiger partial charge in [0.2, 0.25) is 5.91 Å². The van der Waals surface area contributed by atoms with Gasteiger partial charge in [-0.15, -0.1) is 12.4 Å². The summed E-state index contributed by atoms with van der Waals surface area (Å²) in [5.41, 5.74) is 2.76. The van der Waals surface area contributed by atoms with Crippen molar-refractivity contribution in [2.75, 3.05) is 24.4 Å². The van der Waals surface area contributed by atoms with Gasteiger partial charge in [-0.05, 0) is 74.8 Å². The van der Waals surface area contributed by atoms with E-state index >= 15 is 0 Å². The second-order valence-corrected chi connectivity index (χ2v) is 13.0. The Hall–Kier alpha value is -2.09. The molecule has 1 N–H and O–H groups in total. The maximum Gasteiger partial charge on any atom is 0.261 e. The standard InChI is InChI=1S/C31H45N3O3S.ClH/c1-3-4-20-34(31(35)23-26-8-6-5-7-9-26)29-18-21-33(22-19-29)24-27-12-14-28(15-13-27)32-38(36,37)30-16-10-25(2)11-17-30;/h10-17,26,29,32H,3-9,18-24H2,1-2H3;1H. The summed E-state index contributed by atoms with van der Waals surface area (Å²) in [5, 5.41) is 0. The number of anilines is 1. The number of aryl methyl sites for hydroxylation is 1. The van der Waals surface area contributed by atoms with E-state index in [4.69, 9.17) is 0 Å². The molecule has 6 nitrogen and oxygen atoms in total. The molecule has 0 aromatic heterocycles. The first-order valence-electron chi connectivity index (χ1n) is 14.5. The van der Waals surface area contributed by atoms with Crippen molar-refractivity contribution < 1.29 is 13.2 Å². The van der Waals surface area contributed by atoms with Gasteiger partial charge in [-0.25, -0.2) is 8.42 Å². The average Bonchev–Trinajstić information content (AvgIpc) is 2.91. The number of rotatable bonds is 11. The lowest BCUT2D eigenvalue weighted by atomic mass is 9.86. The molecule has 2 fully saturated rings. The quantitative estimate of drug-likeness (QED) is 0.320. The molecule has 0 bridgehead atoms. The first-order chi connectivity index (χ1) is 18.3. The topological polar surface area (TPSA) is 69.7 Å². The zero-order valence-electron chi connectivity index (χ0n) is 23.6. The van der Waals surface area contributed by atoms with Crippen molar-refractivity contribution in [3.63, 3.8) is 0 Å². The SMILES string of the molecule is CCCCN(C(=O)CC1CCCCC1)C1CCN(Cc2ccc(NS(=O)(=O)c3ccc(C)cc3)cc2)CC1.Cl. The average molecular weight is 576 g/mol. The van der Waals surface area contributed by atoms with Crippen molar-refractivity contribution in [2.24, 2.45) is 5.92 Å². The van der Waals surface area contributed by atoms with E-state index in [1.54, 1.807) is 24.3 Å². The van der Waals surface area contributed by atoms with E-state index in [1.165, 1.54) is 32.1 Å². The number of hydrogen-bond acceptors (Lipinski definition) is 4. The smallest absolute Gasteiger partial charge is 0.261 e. The zero-order valence-corrected chi connectivity index (χ0v) is 25.2. The highest BCUT2D eigenvalue weighted by atomic mass is 35.5. The predicted octanol–water partition coefficient (Wildman–Crippen LogP) is 6.78. The highest BCUT2D eigenvalue weighted by Gasteiger charge is 2.29. The summed E-state index contributed by atoms with van der Waals surface area (Å²) >= 11 is 0. The number of carbonyl (C=O) groups excluding carboxylic acids is 1. The molecule has 1 saturated heterocycles. The Labute approximate surface area is 242 Å². The summed E-state index contributed by atoms with van der Waals surface area (Å²) in [6.07, 6.45) is 11.3. The number of sulfonamides is 1. The van der Waals surface area contributed by atoms with Crippen molar-refractivity contribution in [3.05, 3.63) is 59.7 Å². The number of carbonyl (C=O) groups is 1. The molecule has 216 valence electrons. The van der Waals surface area contributed by atoms with Gasteiger partial charge in [0, 0.05) is 44.3 Å². The Morgan fingerprint density at radius 3 is 2.21 bits per heavy atom. The van der Waals surface area contributed by atoms with E-state index in [9.17, 15) is 13.2 Å². The first-order valence-corrected chi connectivity index (χ1v) is 16.0. The third-order valence-corrected chi connectivity index (χ3v) is 9.60. The fourth-order valence-corrected chi connectivity index (χ4v) is 6.91. The summed E-state index contributed by atoms with van der Waals surface area (Å²) in [5.74, 6) is 0.970. The van der Waals surface area contributed by atoms with Crippen LogP contribution in [0.5, 0.6) is 0 Å². The van der Waals surface area contributed by atoms with Gasteiger partial charge in [0.05, 0.1) is 4.90 Å². The zero-order chi connectivity index (χ0) is 27.0. The van der Waals surface area contributed by atoms with E-state index in [1.807, 2.05) is 31.2 Å². The second kappa shape index (κ2) is 15.1. The highest BCUT2D eigenvalue weighted by molar-refractivity contribution is 7.92. The van der Waals surface area contributed by atoms with Gasteiger partial charge in [-0.3, -0.25) is 14.4 Å². The van der Waals surface area contributed by atoms with Crippen molar-refractivity contribution in [3.8, 4) is 0 Å². The molecule has 0 radical (unpaired) electrons. The minimum absolute atomic E-state index is 0. The molecule has 2 aromatic rings. The van der Waals surface area contributed by atoms with Gasteiger partial charge >= 0.3 is 0 Å². The number of halogens is 1. The maximum absolute atomic E-state index is 13.3. The molecule has 4 rings (SSSR count). The number of amides is 1. The summed E-state index contributed by atoms with van der Waals surface area (Å²) < 4.78 is 28.0. The van der Waals surface area contributed by atoms with Gasteiger partial charge in [0.25, 0.3) is 10.0 Å². The van der Waals surface area contributed by atoms with Crippen molar-refractivity contribution in [1.29, 1.82) is 0 Å².